The number of nitrogen functional groups attached to an aromatic ring is 1. The molecular weight excluding hydrogens is 314 g/mol. The lowest BCUT2D eigenvalue weighted by Crippen LogP contribution is -2.17. The van der Waals surface area contributed by atoms with Crippen LogP contribution < -0.4 is 5.73 Å². The maximum Gasteiger partial charge on any atom is 0.380 e. The summed E-state index contributed by atoms with van der Waals surface area (Å²) in [6.45, 7) is 1.77. The van der Waals surface area contributed by atoms with E-state index in [0.717, 1.165) is 16.9 Å². The second kappa shape index (κ2) is 6.13. The van der Waals surface area contributed by atoms with Gasteiger partial charge in [0.25, 0.3) is 5.78 Å². The molecule has 0 saturated carbocycles. The number of nitrogens with two attached hydrogens (primary N) is 1. The Balaban J connectivity index is 2.06. The van der Waals surface area contributed by atoms with Crippen molar-refractivity contribution in [3.05, 3.63) is 41.3 Å². The molecule has 0 fully saturated rings. The fourth-order valence-corrected chi connectivity index (χ4v) is 3.08. The standard InChI is InChI=1S/C16H13N3O3S/c1-2-22-16(21)13(20)14-12(17)10-8-11(18-19-15(10)23-14)9-6-4-3-5-7-9/h3-8H,2,17H2,1H3. The van der Waals surface area contributed by atoms with Crippen molar-refractivity contribution in [3.8, 4) is 11.3 Å². The van der Waals surface area contributed by atoms with Gasteiger partial charge >= 0.3 is 5.97 Å². The first-order chi connectivity index (χ1) is 11.1. The summed E-state index contributed by atoms with van der Waals surface area (Å²) in [7, 11) is 0. The highest BCUT2D eigenvalue weighted by molar-refractivity contribution is 7.21. The van der Waals surface area contributed by atoms with Crippen molar-refractivity contribution in [1.29, 1.82) is 0 Å². The number of hydrogen-bond donors (Lipinski definition) is 1. The number of benzene rings is 1. The van der Waals surface area contributed by atoms with Crippen LogP contribution in [-0.2, 0) is 9.53 Å². The number of carbonyl (C=O) groups excluding carboxylic acids is 2. The van der Waals surface area contributed by atoms with Gasteiger partial charge in [-0.15, -0.1) is 21.5 Å². The minimum absolute atomic E-state index is 0.132. The van der Waals surface area contributed by atoms with Crippen LogP contribution >= 0.6 is 11.3 Å². The van der Waals surface area contributed by atoms with Gasteiger partial charge in [-0.2, -0.15) is 0 Å². The molecule has 7 heteroatoms. The molecule has 0 atom stereocenters. The Hall–Kier alpha value is -2.80. The minimum atomic E-state index is -0.915. The average Bonchev–Trinajstić information content (AvgIpc) is 2.91. The number of esters is 1. The number of rotatable bonds is 4. The molecule has 116 valence electrons. The lowest BCUT2D eigenvalue weighted by molar-refractivity contribution is -0.137. The van der Waals surface area contributed by atoms with E-state index in [0.29, 0.717) is 15.9 Å². The van der Waals surface area contributed by atoms with Gasteiger partial charge in [0.2, 0.25) is 0 Å². The van der Waals surface area contributed by atoms with Crippen LogP contribution in [0.15, 0.2) is 36.4 Å². The highest BCUT2D eigenvalue weighted by atomic mass is 32.1. The number of Topliss-reactive ketones (excluding diaryl/α,β-unsaturated/α-hetero) is 1. The van der Waals surface area contributed by atoms with Crippen LogP contribution in [0.1, 0.15) is 16.6 Å². The Labute approximate surface area is 135 Å². The Kier molecular flexibility index (Phi) is 4.03. The SMILES string of the molecule is CCOC(=O)C(=O)c1sc2nnc(-c3ccccc3)cc2c1N. The molecule has 0 aliphatic carbocycles. The molecule has 23 heavy (non-hydrogen) atoms. The third-order valence-corrected chi connectivity index (χ3v) is 4.33. The first-order valence-corrected chi connectivity index (χ1v) is 7.76. The lowest BCUT2D eigenvalue weighted by Gasteiger charge is -2.00. The summed E-state index contributed by atoms with van der Waals surface area (Å²) < 4.78 is 4.73. The van der Waals surface area contributed by atoms with Crippen LogP contribution in [0.3, 0.4) is 0 Å². The van der Waals surface area contributed by atoms with E-state index in [4.69, 9.17) is 10.5 Å². The van der Waals surface area contributed by atoms with E-state index in [1.165, 1.54) is 0 Å². The van der Waals surface area contributed by atoms with Gasteiger partial charge in [-0.05, 0) is 13.0 Å². The Morgan fingerprint density at radius 2 is 1.96 bits per heavy atom. The molecule has 0 unspecified atom stereocenters. The number of aromatic nitrogens is 2. The van der Waals surface area contributed by atoms with Gasteiger partial charge in [0, 0.05) is 10.9 Å². The molecule has 0 bridgehead atoms. The van der Waals surface area contributed by atoms with Crippen LogP contribution in [0.2, 0.25) is 0 Å². The van der Waals surface area contributed by atoms with Gasteiger partial charge < -0.3 is 10.5 Å². The number of hydrogen-bond acceptors (Lipinski definition) is 7. The quantitative estimate of drug-likeness (QED) is 0.450. The van der Waals surface area contributed by atoms with Gasteiger partial charge in [-0.3, -0.25) is 4.79 Å². The number of anilines is 1. The normalized spacial score (nSPS) is 10.7. The van der Waals surface area contributed by atoms with Gasteiger partial charge in [0.15, 0.2) is 0 Å². The summed E-state index contributed by atoms with van der Waals surface area (Å²) in [5, 5.41) is 8.87. The predicted molar refractivity (Wildman–Crippen MR) is 88.2 cm³/mol. The van der Waals surface area contributed by atoms with Gasteiger partial charge in [0.1, 0.15) is 9.71 Å². The summed E-state index contributed by atoms with van der Waals surface area (Å²) >= 11 is 1.04. The van der Waals surface area contributed by atoms with Crippen LogP contribution in [0, 0.1) is 0 Å². The molecule has 1 aromatic carbocycles. The predicted octanol–water partition coefficient (Wildman–Crippen LogP) is 2.69. The third-order valence-electron chi connectivity index (χ3n) is 3.23. The number of ether oxygens (including phenoxy) is 1. The minimum Gasteiger partial charge on any atom is -0.460 e. The van der Waals surface area contributed by atoms with E-state index in [9.17, 15) is 9.59 Å². The number of ketones is 1. The van der Waals surface area contributed by atoms with Crippen molar-refractivity contribution >= 4 is 39.0 Å². The van der Waals surface area contributed by atoms with Gasteiger partial charge in [-0.25, -0.2) is 4.79 Å². The molecule has 3 aromatic rings. The highest BCUT2D eigenvalue weighted by Crippen LogP contribution is 2.34. The second-order valence-electron chi connectivity index (χ2n) is 4.71. The fraction of sp³-hybridized carbons (Fsp3) is 0.125. The molecule has 2 N–H and O–H groups in total. The molecule has 6 nitrogen and oxygen atoms in total. The average molecular weight is 327 g/mol. The molecule has 0 radical (unpaired) electrons. The van der Waals surface area contributed by atoms with Crippen molar-refractivity contribution in [1.82, 2.24) is 10.2 Å². The summed E-state index contributed by atoms with van der Waals surface area (Å²) in [4.78, 5) is 24.3. The molecule has 0 aliphatic rings. The summed E-state index contributed by atoms with van der Waals surface area (Å²) in [6.07, 6.45) is 0. The van der Waals surface area contributed by atoms with Crippen LogP contribution in [-0.4, -0.2) is 28.6 Å². The topological polar surface area (TPSA) is 95.2 Å². The van der Waals surface area contributed by atoms with E-state index < -0.39 is 11.8 Å². The van der Waals surface area contributed by atoms with Crippen molar-refractivity contribution in [2.24, 2.45) is 0 Å². The first-order valence-electron chi connectivity index (χ1n) is 6.94. The van der Waals surface area contributed by atoms with Crippen LogP contribution in [0.5, 0.6) is 0 Å². The zero-order chi connectivity index (χ0) is 16.4. The van der Waals surface area contributed by atoms with E-state index in [2.05, 4.69) is 10.2 Å². The van der Waals surface area contributed by atoms with E-state index in [1.54, 1.807) is 13.0 Å². The molecule has 3 rings (SSSR count). The Morgan fingerprint density at radius 3 is 2.65 bits per heavy atom. The molecule has 0 spiro atoms. The maximum atomic E-state index is 12.1. The monoisotopic (exact) mass is 327 g/mol. The smallest absolute Gasteiger partial charge is 0.380 e. The molecule has 0 saturated heterocycles. The lowest BCUT2D eigenvalue weighted by atomic mass is 10.1. The van der Waals surface area contributed by atoms with E-state index >= 15 is 0 Å². The van der Waals surface area contributed by atoms with Crippen LogP contribution in [0.25, 0.3) is 21.5 Å². The van der Waals surface area contributed by atoms with E-state index in [1.807, 2.05) is 30.3 Å². The Bertz CT molecular complexity index is 890. The molecule has 2 heterocycles. The number of nitrogens with zero attached hydrogens (tertiary/aromatic N) is 2. The van der Waals surface area contributed by atoms with Crippen LogP contribution in [0.4, 0.5) is 5.69 Å². The second-order valence-corrected chi connectivity index (χ2v) is 5.71. The molecular formula is C16H13N3O3S. The number of carbonyl (C=O) groups is 2. The third kappa shape index (κ3) is 2.78. The van der Waals surface area contributed by atoms with Crippen molar-refractivity contribution in [2.45, 2.75) is 6.92 Å². The zero-order valence-electron chi connectivity index (χ0n) is 12.3. The molecule has 0 aliphatic heterocycles. The fourth-order valence-electron chi connectivity index (χ4n) is 2.13. The highest BCUT2D eigenvalue weighted by Gasteiger charge is 2.24. The maximum absolute atomic E-state index is 12.1. The zero-order valence-corrected chi connectivity index (χ0v) is 13.1. The van der Waals surface area contributed by atoms with Crippen molar-refractivity contribution in [3.63, 3.8) is 0 Å². The Morgan fingerprint density at radius 1 is 1.22 bits per heavy atom. The number of thiophene rings is 1. The molecule has 0 amide bonds. The van der Waals surface area contributed by atoms with E-state index in [-0.39, 0.29) is 17.2 Å². The summed E-state index contributed by atoms with van der Waals surface area (Å²) in [5.74, 6) is -1.67. The summed E-state index contributed by atoms with van der Waals surface area (Å²) in [5.41, 5.74) is 7.81. The first kappa shape index (κ1) is 15.1. The van der Waals surface area contributed by atoms with Crippen molar-refractivity contribution in [2.75, 3.05) is 12.3 Å². The number of fused-ring (bicyclic) bond motifs is 1. The summed E-state index contributed by atoms with van der Waals surface area (Å²) in [6, 6.07) is 11.3. The van der Waals surface area contributed by atoms with Gasteiger partial charge in [0.05, 0.1) is 18.0 Å². The largest absolute Gasteiger partial charge is 0.460 e. The van der Waals surface area contributed by atoms with Gasteiger partial charge in [-0.1, -0.05) is 30.3 Å². The van der Waals surface area contributed by atoms with Crippen molar-refractivity contribution < 1.29 is 14.3 Å². The molecule has 2 aromatic heterocycles.